The van der Waals surface area contributed by atoms with Crippen LogP contribution in [-0.2, 0) is 0 Å². The predicted molar refractivity (Wildman–Crippen MR) is 74.3 cm³/mol. The minimum atomic E-state index is -0.582. The fourth-order valence-corrected chi connectivity index (χ4v) is 2.03. The lowest BCUT2D eigenvalue weighted by Gasteiger charge is -2.08. The molecular weight excluding hydrogens is 303 g/mol. The van der Waals surface area contributed by atoms with E-state index in [-0.39, 0.29) is 17.0 Å². The second-order valence-electron chi connectivity index (χ2n) is 3.76. The quantitative estimate of drug-likeness (QED) is 0.615. The summed E-state index contributed by atoms with van der Waals surface area (Å²) in [6, 6.07) is 10.2. The lowest BCUT2D eigenvalue weighted by atomic mass is 10.2. The highest BCUT2D eigenvalue weighted by Gasteiger charge is 2.12. The van der Waals surface area contributed by atoms with E-state index in [0.717, 1.165) is 6.07 Å². The maximum atomic E-state index is 10.6. The van der Waals surface area contributed by atoms with E-state index in [2.05, 4.69) is 0 Å². The second kappa shape index (κ2) is 5.78. The first-order valence-corrected chi connectivity index (χ1v) is 6.07. The van der Waals surface area contributed by atoms with Crippen molar-refractivity contribution in [2.75, 3.05) is 0 Å². The summed E-state index contributed by atoms with van der Waals surface area (Å²) in [5, 5.41) is 20.4. The third kappa shape index (κ3) is 3.18. The number of nitrogens with zero attached hydrogens (tertiary/aromatic N) is 2. The Bertz CT molecular complexity index is 706. The zero-order chi connectivity index (χ0) is 14.7. The Labute approximate surface area is 124 Å². The van der Waals surface area contributed by atoms with Crippen LogP contribution >= 0.6 is 23.2 Å². The van der Waals surface area contributed by atoms with Crippen molar-refractivity contribution in [3.63, 3.8) is 0 Å². The van der Waals surface area contributed by atoms with Gasteiger partial charge in [-0.2, -0.15) is 5.26 Å². The summed E-state index contributed by atoms with van der Waals surface area (Å²) in [6.07, 6.45) is 0. The van der Waals surface area contributed by atoms with Gasteiger partial charge in [-0.05, 0) is 24.3 Å². The van der Waals surface area contributed by atoms with Gasteiger partial charge in [-0.1, -0.05) is 23.2 Å². The first-order valence-electron chi connectivity index (χ1n) is 5.32. The largest absolute Gasteiger partial charge is 0.456 e. The fraction of sp³-hybridized carbons (Fsp3) is 0. The average Bonchev–Trinajstić information content (AvgIpc) is 2.37. The zero-order valence-corrected chi connectivity index (χ0v) is 11.4. The minimum Gasteiger partial charge on any atom is -0.456 e. The number of rotatable bonds is 3. The first-order chi connectivity index (χ1) is 9.49. The molecule has 7 heteroatoms. The molecule has 0 saturated carbocycles. The van der Waals surface area contributed by atoms with Crippen LogP contribution in [0.5, 0.6) is 11.5 Å². The molecule has 2 aromatic rings. The Morgan fingerprint density at radius 3 is 2.35 bits per heavy atom. The number of hydrogen-bond donors (Lipinski definition) is 0. The van der Waals surface area contributed by atoms with Crippen molar-refractivity contribution < 1.29 is 9.66 Å². The van der Waals surface area contributed by atoms with E-state index in [4.69, 9.17) is 33.2 Å². The Hall–Kier alpha value is -2.29. The van der Waals surface area contributed by atoms with Crippen LogP contribution in [0.25, 0.3) is 0 Å². The van der Waals surface area contributed by atoms with Crippen molar-refractivity contribution in [1.29, 1.82) is 5.26 Å². The van der Waals surface area contributed by atoms with Crippen LogP contribution in [0.15, 0.2) is 36.4 Å². The maximum Gasteiger partial charge on any atom is 0.271 e. The molecule has 0 saturated heterocycles. The summed E-state index contributed by atoms with van der Waals surface area (Å²) in [5.41, 5.74) is -0.131. The zero-order valence-electron chi connectivity index (χ0n) is 9.84. The van der Waals surface area contributed by atoms with Crippen molar-refractivity contribution in [2.24, 2.45) is 0 Å². The molecule has 0 aliphatic rings. The number of non-ortho nitro benzene ring substituents is 1. The Morgan fingerprint density at radius 1 is 1.15 bits per heavy atom. The summed E-state index contributed by atoms with van der Waals surface area (Å²) >= 11 is 11.7. The fourth-order valence-electron chi connectivity index (χ4n) is 1.52. The summed E-state index contributed by atoms with van der Waals surface area (Å²) in [5.74, 6) is 0.532. The normalized spacial score (nSPS) is 9.85. The van der Waals surface area contributed by atoms with Crippen LogP contribution in [-0.4, -0.2) is 4.92 Å². The van der Waals surface area contributed by atoms with E-state index < -0.39 is 4.92 Å². The summed E-state index contributed by atoms with van der Waals surface area (Å²) < 4.78 is 5.48. The molecule has 20 heavy (non-hydrogen) atoms. The summed E-state index contributed by atoms with van der Waals surface area (Å²) in [4.78, 5) is 10.1. The SMILES string of the molecule is N#Cc1cc([N+](=O)[O-])ccc1Oc1cc(Cl)cc(Cl)c1. The highest BCUT2D eigenvalue weighted by atomic mass is 35.5. The summed E-state index contributed by atoms with van der Waals surface area (Å²) in [6.45, 7) is 0. The van der Waals surface area contributed by atoms with E-state index in [1.807, 2.05) is 6.07 Å². The van der Waals surface area contributed by atoms with Crippen LogP contribution in [0.2, 0.25) is 10.0 Å². The van der Waals surface area contributed by atoms with Crippen LogP contribution in [0.4, 0.5) is 5.69 Å². The number of ether oxygens (including phenoxy) is 1. The van der Waals surface area contributed by atoms with Crippen LogP contribution in [0.1, 0.15) is 5.56 Å². The topological polar surface area (TPSA) is 76.2 Å². The van der Waals surface area contributed by atoms with E-state index in [1.165, 1.54) is 30.3 Å². The molecule has 2 rings (SSSR count). The molecule has 0 aliphatic carbocycles. The molecule has 0 aliphatic heterocycles. The van der Waals surface area contributed by atoms with E-state index >= 15 is 0 Å². The van der Waals surface area contributed by atoms with Gasteiger partial charge >= 0.3 is 0 Å². The molecule has 100 valence electrons. The van der Waals surface area contributed by atoms with Crippen molar-refractivity contribution in [2.45, 2.75) is 0 Å². The van der Waals surface area contributed by atoms with Crippen molar-refractivity contribution >= 4 is 28.9 Å². The number of nitriles is 1. The number of hydrogen-bond acceptors (Lipinski definition) is 4. The van der Waals surface area contributed by atoms with Gasteiger partial charge < -0.3 is 4.74 Å². The van der Waals surface area contributed by atoms with E-state index in [1.54, 1.807) is 0 Å². The summed E-state index contributed by atoms with van der Waals surface area (Å²) in [7, 11) is 0. The molecule has 0 bridgehead atoms. The van der Waals surface area contributed by atoms with Gasteiger partial charge in [0.05, 0.1) is 4.92 Å². The third-order valence-corrected chi connectivity index (χ3v) is 2.79. The van der Waals surface area contributed by atoms with Gasteiger partial charge in [0.1, 0.15) is 23.1 Å². The number of benzene rings is 2. The molecule has 5 nitrogen and oxygen atoms in total. The lowest BCUT2D eigenvalue weighted by Crippen LogP contribution is -1.92. The highest BCUT2D eigenvalue weighted by molar-refractivity contribution is 6.34. The van der Waals surface area contributed by atoms with Gasteiger partial charge in [0.2, 0.25) is 0 Å². The monoisotopic (exact) mass is 308 g/mol. The molecule has 2 aromatic carbocycles. The van der Waals surface area contributed by atoms with E-state index in [9.17, 15) is 10.1 Å². The Balaban J connectivity index is 2.38. The van der Waals surface area contributed by atoms with Crippen LogP contribution in [0.3, 0.4) is 0 Å². The smallest absolute Gasteiger partial charge is 0.271 e. The van der Waals surface area contributed by atoms with Gasteiger partial charge in [-0.3, -0.25) is 10.1 Å². The van der Waals surface area contributed by atoms with Crippen LogP contribution in [0, 0.1) is 21.4 Å². The number of halogens is 2. The van der Waals surface area contributed by atoms with Gasteiger partial charge in [0.15, 0.2) is 0 Å². The lowest BCUT2D eigenvalue weighted by molar-refractivity contribution is -0.384. The standard InChI is InChI=1S/C13H6Cl2N2O3/c14-9-4-10(15)6-12(5-9)20-13-2-1-11(17(18)19)3-8(13)7-16/h1-6H. The Kier molecular flexibility index (Phi) is 4.08. The predicted octanol–water partition coefficient (Wildman–Crippen LogP) is 4.57. The Morgan fingerprint density at radius 2 is 1.80 bits per heavy atom. The highest BCUT2D eigenvalue weighted by Crippen LogP contribution is 2.31. The van der Waals surface area contributed by atoms with E-state index in [0.29, 0.717) is 15.8 Å². The van der Waals surface area contributed by atoms with Gasteiger partial charge in [0.25, 0.3) is 5.69 Å². The number of nitro benzene ring substituents is 1. The molecule has 0 unspecified atom stereocenters. The van der Waals surface area contributed by atoms with Crippen molar-refractivity contribution in [3.8, 4) is 17.6 Å². The third-order valence-electron chi connectivity index (χ3n) is 2.36. The molecule has 0 spiro atoms. The maximum absolute atomic E-state index is 10.6. The van der Waals surface area contributed by atoms with Crippen molar-refractivity contribution in [1.82, 2.24) is 0 Å². The second-order valence-corrected chi connectivity index (χ2v) is 4.63. The minimum absolute atomic E-state index is 0.0512. The average molecular weight is 309 g/mol. The molecule has 0 radical (unpaired) electrons. The molecule has 0 amide bonds. The molecule has 0 heterocycles. The van der Waals surface area contributed by atoms with Gasteiger partial charge in [-0.25, -0.2) is 0 Å². The van der Waals surface area contributed by atoms with Crippen LogP contribution < -0.4 is 4.74 Å². The molecule has 0 aromatic heterocycles. The molecular formula is C13H6Cl2N2O3. The molecule has 0 N–H and O–H groups in total. The van der Waals surface area contributed by atoms with Gasteiger partial charge in [0, 0.05) is 22.2 Å². The molecule has 0 atom stereocenters. The van der Waals surface area contributed by atoms with Gasteiger partial charge in [-0.15, -0.1) is 0 Å². The van der Waals surface area contributed by atoms with Crippen molar-refractivity contribution in [3.05, 3.63) is 62.1 Å². The first kappa shape index (κ1) is 14.1. The molecule has 0 fully saturated rings. The number of nitro groups is 1.